The topological polar surface area (TPSA) is 132 Å². The van der Waals surface area contributed by atoms with E-state index in [1.54, 1.807) is 12.1 Å². The zero-order valence-corrected chi connectivity index (χ0v) is 23.7. The van der Waals surface area contributed by atoms with E-state index < -0.39 is 12.1 Å². The second-order valence-electron chi connectivity index (χ2n) is 11.6. The number of urea groups is 1. The van der Waals surface area contributed by atoms with Gasteiger partial charge in [0.25, 0.3) is 5.91 Å². The predicted octanol–water partition coefficient (Wildman–Crippen LogP) is 2.86. The molecule has 1 aromatic carbocycles. The number of hydrogen-bond donors (Lipinski definition) is 4. The van der Waals surface area contributed by atoms with E-state index in [0.29, 0.717) is 30.5 Å². The standard InChI is InChI=1S/C30H43FN8O2/c1-20(37-14-4-7-24(19-37)39-16-15-38(30(39)41)23-5-2-3-6-23)17-35-27(29(33)40)28(32)36-22-10-8-21(9-11-22)25-12-13-34-18-26(25)31/h8-11,17,23-26,34,36H,1-7,12-16,18-19,32H2,(H2,33,40)/b28-27+,35-17?. The minimum absolute atomic E-state index is 0.0192. The summed E-state index contributed by atoms with van der Waals surface area (Å²) in [6.45, 7) is 8.34. The van der Waals surface area contributed by atoms with Crippen LogP contribution < -0.4 is 22.1 Å². The van der Waals surface area contributed by atoms with Crippen molar-refractivity contribution in [1.82, 2.24) is 20.0 Å². The average Bonchev–Trinajstić information content (AvgIpc) is 3.63. The molecule has 10 nitrogen and oxygen atoms in total. The summed E-state index contributed by atoms with van der Waals surface area (Å²) < 4.78 is 14.3. The first-order valence-electron chi connectivity index (χ1n) is 14.9. The van der Waals surface area contributed by atoms with E-state index in [4.69, 9.17) is 11.5 Å². The second-order valence-corrected chi connectivity index (χ2v) is 11.6. The van der Waals surface area contributed by atoms with Gasteiger partial charge in [0.15, 0.2) is 5.70 Å². The van der Waals surface area contributed by atoms with Crippen molar-refractivity contribution in [3.05, 3.63) is 53.6 Å². The highest BCUT2D eigenvalue weighted by Crippen LogP contribution is 2.30. The summed E-state index contributed by atoms with van der Waals surface area (Å²) in [5.74, 6) is -0.887. The van der Waals surface area contributed by atoms with Gasteiger partial charge in [0.1, 0.15) is 12.0 Å². The lowest BCUT2D eigenvalue weighted by atomic mass is 9.89. The smallest absolute Gasteiger partial charge is 0.320 e. The van der Waals surface area contributed by atoms with Crippen LogP contribution in [0.4, 0.5) is 14.9 Å². The Kier molecular flexibility index (Phi) is 9.12. The number of carbonyl (C=O) groups excluding carboxylic acids is 2. The minimum Gasteiger partial charge on any atom is -0.383 e. The summed E-state index contributed by atoms with van der Waals surface area (Å²) in [5.41, 5.74) is 13.9. The Morgan fingerprint density at radius 2 is 1.71 bits per heavy atom. The number of nitrogens with one attached hydrogen (secondary N) is 2. The average molecular weight is 567 g/mol. The number of piperidine rings is 2. The van der Waals surface area contributed by atoms with Crippen LogP contribution in [0.3, 0.4) is 0 Å². The monoisotopic (exact) mass is 566 g/mol. The van der Waals surface area contributed by atoms with Crippen LogP contribution in [0.1, 0.15) is 56.4 Å². The van der Waals surface area contributed by atoms with Crippen LogP contribution in [0.15, 0.2) is 53.1 Å². The van der Waals surface area contributed by atoms with Gasteiger partial charge in [-0.2, -0.15) is 0 Å². The van der Waals surface area contributed by atoms with Gasteiger partial charge >= 0.3 is 6.03 Å². The Balaban J connectivity index is 1.19. The molecule has 4 fully saturated rings. The van der Waals surface area contributed by atoms with Crippen molar-refractivity contribution in [2.45, 2.75) is 69.1 Å². The highest BCUT2D eigenvalue weighted by atomic mass is 19.1. The number of aliphatic imine (C=N–C) groups is 1. The molecule has 41 heavy (non-hydrogen) atoms. The Morgan fingerprint density at radius 1 is 1.02 bits per heavy atom. The van der Waals surface area contributed by atoms with Crippen LogP contribution in [-0.4, -0.2) is 90.4 Å². The molecule has 0 aromatic heterocycles. The maximum Gasteiger partial charge on any atom is 0.320 e. The number of allylic oxidation sites excluding steroid dienone is 1. The van der Waals surface area contributed by atoms with E-state index in [0.717, 1.165) is 63.8 Å². The zero-order chi connectivity index (χ0) is 28.9. The van der Waals surface area contributed by atoms with Crippen molar-refractivity contribution in [3.63, 3.8) is 0 Å². The molecule has 4 aliphatic rings. The fraction of sp³-hybridized carbons (Fsp3) is 0.567. The number of likely N-dealkylation sites (tertiary alicyclic amines) is 1. The Hall–Kier alpha value is -3.60. The first kappa shape index (κ1) is 28.9. The maximum atomic E-state index is 14.3. The molecule has 3 unspecified atom stereocenters. The van der Waals surface area contributed by atoms with Gasteiger partial charge in [-0.25, -0.2) is 14.2 Å². The fourth-order valence-corrected chi connectivity index (χ4v) is 6.65. The van der Waals surface area contributed by atoms with Crippen molar-refractivity contribution >= 4 is 23.8 Å². The largest absolute Gasteiger partial charge is 0.383 e. The van der Waals surface area contributed by atoms with Crippen LogP contribution in [0.5, 0.6) is 0 Å². The van der Waals surface area contributed by atoms with Gasteiger partial charge in [-0.3, -0.25) is 4.79 Å². The SMILES string of the molecule is C=C(C=N/C(C(N)=O)=C(\N)Nc1ccc(C2CCNCC2F)cc1)N1CCCC(N2CCN(C3CCCC3)C2=O)C1. The third-order valence-corrected chi connectivity index (χ3v) is 8.94. The van der Waals surface area contributed by atoms with Crippen LogP contribution >= 0.6 is 0 Å². The number of halogens is 1. The molecule has 3 atom stereocenters. The Labute approximate surface area is 241 Å². The normalized spacial score (nSPS) is 26.5. The van der Waals surface area contributed by atoms with Gasteiger partial charge in [-0.05, 0) is 56.3 Å². The summed E-state index contributed by atoms with van der Waals surface area (Å²) in [5, 5.41) is 6.06. The fourth-order valence-electron chi connectivity index (χ4n) is 6.65. The molecule has 3 heterocycles. The van der Waals surface area contributed by atoms with Crippen molar-refractivity contribution in [3.8, 4) is 0 Å². The number of primary amides is 1. The molecule has 3 saturated heterocycles. The lowest BCUT2D eigenvalue weighted by Gasteiger charge is -2.38. The summed E-state index contributed by atoms with van der Waals surface area (Å²) in [4.78, 5) is 35.9. The first-order valence-corrected chi connectivity index (χ1v) is 14.9. The number of nitrogens with two attached hydrogens (primary N) is 2. The molecule has 0 radical (unpaired) electrons. The number of alkyl halides is 1. The van der Waals surface area contributed by atoms with Crippen LogP contribution in [0, 0.1) is 0 Å². The molecule has 3 aliphatic heterocycles. The zero-order valence-electron chi connectivity index (χ0n) is 23.7. The number of amides is 3. The van der Waals surface area contributed by atoms with E-state index in [2.05, 4.69) is 32.0 Å². The molecule has 11 heteroatoms. The van der Waals surface area contributed by atoms with E-state index in [9.17, 15) is 14.0 Å². The molecular formula is C30H43FN8O2. The van der Waals surface area contributed by atoms with Gasteiger partial charge in [0.05, 0.1) is 12.3 Å². The molecule has 5 rings (SSSR count). The van der Waals surface area contributed by atoms with E-state index in [1.165, 1.54) is 19.1 Å². The summed E-state index contributed by atoms with van der Waals surface area (Å²) >= 11 is 0. The quantitative estimate of drug-likeness (QED) is 0.269. The molecule has 1 aliphatic carbocycles. The minimum atomic E-state index is -0.922. The predicted molar refractivity (Wildman–Crippen MR) is 159 cm³/mol. The second kappa shape index (κ2) is 12.9. The number of anilines is 1. The summed E-state index contributed by atoms with van der Waals surface area (Å²) in [6.07, 6.45) is 7.85. The van der Waals surface area contributed by atoms with E-state index in [-0.39, 0.29) is 29.5 Å². The van der Waals surface area contributed by atoms with E-state index >= 15 is 0 Å². The Bertz CT molecular complexity index is 1180. The third kappa shape index (κ3) is 6.66. The number of rotatable bonds is 9. The molecule has 1 aromatic rings. The summed E-state index contributed by atoms with van der Waals surface area (Å²) in [7, 11) is 0. The maximum absolute atomic E-state index is 14.3. The van der Waals surface area contributed by atoms with Crippen molar-refractivity contribution in [2.75, 3.05) is 44.6 Å². The molecule has 1 saturated carbocycles. The molecule has 0 bridgehead atoms. The molecule has 6 N–H and O–H groups in total. The first-order chi connectivity index (χ1) is 19.8. The van der Waals surface area contributed by atoms with Gasteiger partial charge in [-0.1, -0.05) is 31.6 Å². The number of benzene rings is 1. The van der Waals surface area contributed by atoms with Gasteiger partial charge in [-0.15, -0.1) is 0 Å². The lowest BCUT2D eigenvalue weighted by molar-refractivity contribution is -0.114. The Morgan fingerprint density at radius 3 is 2.39 bits per heavy atom. The van der Waals surface area contributed by atoms with Crippen molar-refractivity contribution < 1.29 is 14.0 Å². The van der Waals surface area contributed by atoms with Crippen LogP contribution in [0.2, 0.25) is 0 Å². The highest BCUT2D eigenvalue weighted by molar-refractivity contribution is 5.95. The molecule has 222 valence electrons. The third-order valence-electron chi connectivity index (χ3n) is 8.94. The number of carbonyl (C=O) groups is 2. The highest BCUT2D eigenvalue weighted by Gasteiger charge is 2.39. The van der Waals surface area contributed by atoms with Crippen molar-refractivity contribution in [2.24, 2.45) is 16.5 Å². The number of nitrogens with zero attached hydrogens (tertiary/aromatic N) is 4. The van der Waals surface area contributed by atoms with Crippen LogP contribution in [0.25, 0.3) is 0 Å². The summed E-state index contributed by atoms with van der Waals surface area (Å²) in [6, 6.07) is 8.03. The molecule has 0 spiro atoms. The van der Waals surface area contributed by atoms with E-state index in [1.807, 2.05) is 17.0 Å². The molecular weight excluding hydrogens is 523 g/mol. The number of hydrogen-bond acceptors (Lipinski definition) is 7. The van der Waals surface area contributed by atoms with Crippen molar-refractivity contribution in [1.29, 1.82) is 0 Å². The van der Waals surface area contributed by atoms with Gasteiger partial charge in [0, 0.05) is 56.1 Å². The van der Waals surface area contributed by atoms with Gasteiger partial charge < -0.3 is 36.8 Å². The van der Waals surface area contributed by atoms with Crippen LogP contribution in [-0.2, 0) is 4.79 Å². The van der Waals surface area contributed by atoms with Gasteiger partial charge in [0.2, 0.25) is 0 Å². The lowest BCUT2D eigenvalue weighted by Crippen LogP contribution is -2.49. The molecule has 3 amide bonds.